The second kappa shape index (κ2) is 7.98. The normalized spacial score (nSPS) is 22.6. The van der Waals surface area contributed by atoms with Crippen LogP contribution in [0.4, 0.5) is 4.79 Å². The van der Waals surface area contributed by atoms with Gasteiger partial charge in [-0.1, -0.05) is 40.2 Å². The number of rotatable bonds is 5. The van der Waals surface area contributed by atoms with E-state index in [9.17, 15) is 14.4 Å². The Bertz CT molecular complexity index is 1010. The van der Waals surface area contributed by atoms with Crippen molar-refractivity contribution in [2.24, 2.45) is 0 Å². The standard InChI is InChI=1S/C21H20BrN3O5/c1-21(13-5-4-6-14(22)9-13)19(27)25(20(28)24-21)11-18(26)23-10-15-12-29-16-7-2-3-8-17(16)30-15/h2-9,15H,10-12H2,1H3,(H,23,26)(H,24,28)/t15-,21-/m1/s1. The maximum atomic E-state index is 12.9. The van der Waals surface area contributed by atoms with E-state index in [-0.39, 0.29) is 19.2 Å². The van der Waals surface area contributed by atoms with Crippen LogP contribution < -0.4 is 20.1 Å². The fourth-order valence-corrected chi connectivity index (χ4v) is 3.83. The largest absolute Gasteiger partial charge is 0.486 e. The molecule has 0 bridgehead atoms. The Labute approximate surface area is 181 Å². The molecule has 0 saturated carbocycles. The minimum atomic E-state index is -1.23. The van der Waals surface area contributed by atoms with Gasteiger partial charge in [-0.3, -0.25) is 14.5 Å². The molecule has 4 rings (SSSR count). The molecular weight excluding hydrogens is 454 g/mol. The van der Waals surface area contributed by atoms with E-state index in [1.165, 1.54) is 0 Å². The van der Waals surface area contributed by atoms with Crippen molar-refractivity contribution in [3.63, 3.8) is 0 Å². The number of urea groups is 1. The minimum Gasteiger partial charge on any atom is -0.486 e. The van der Waals surface area contributed by atoms with Gasteiger partial charge in [0.05, 0.1) is 6.54 Å². The molecule has 2 aromatic carbocycles. The Morgan fingerprint density at radius 3 is 2.77 bits per heavy atom. The van der Waals surface area contributed by atoms with Crippen LogP contribution in [0.5, 0.6) is 11.5 Å². The molecule has 0 spiro atoms. The van der Waals surface area contributed by atoms with Crippen LogP contribution in [-0.2, 0) is 15.1 Å². The molecule has 8 nitrogen and oxygen atoms in total. The first-order valence-electron chi connectivity index (χ1n) is 9.42. The van der Waals surface area contributed by atoms with E-state index in [4.69, 9.17) is 9.47 Å². The lowest BCUT2D eigenvalue weighted by Crippen LogP contribution is -2.46. The zero-order chi connectivity index (χ0) is 21.3. The zero-order valence-corrected chi connectivity index (χ0v) is 17.8. The quantitative estimate of drug-likeness (QED) is 0.648. The second-order valence-electron chi connectivity index (χ2n) is 7.26. The molecule has 2 N–H and O–H groups in total. The highest BCUT2D eigenvalue weighted by Crippen LogP contribution is 2.31. The number of imide groups is 1. The van der Waals surface area contributed by atoms with E-state index in [0.717, 1.165) is 9.37 Å². The molecule has 156 valence electrons. The van der Waals surface area contributed by atoms with Gasteiger partial charge in [-0.05, 0) is 36.8 Å². The molecule has 0 aliphatic carbocycles. The lowest BCUT2D eigenvalue weighted by molar-refractivity contribution is -0.134. The summed E-state index contributed by atoms with van der Waals surface area (Å²) in [7, 11) is 0. The number of fused-ring (bicyclic) bond motifs is 1. The number of nitrogens with zero attached hydrogens (tertiary/aromatic N) is 1. The number of carbonyl (C=O) groups is 3. The molecule has 0 aromatic heterocycles. The van der Waals surface area contributed by atoms with E-state index in [1.807, 2.05) is 24.3 Å². The van der Waals surface area contributed by atoms with Gasteiger partial charge < -0.3 is 20.1 Å². The fraction of sp³-hybridized carbons (Fsp3) is 0.286. The van der Waals surface area contributed by atoms with Crippen molar-refractivity contribution in [2.45, 2.75) is 18.6 Å². The molecule has 0 radical (unpaired) electrons. The van der Waals surface area contributed by atoms with Gasteiger partial charge >= 0.3 is 6.03 Å². The highest BCUT2D eigenvalue weighted by molar-refractivity contribution is 9.10. The van der Waals surface area contributed by atoms with Crippen LogP contribution in [0.25, 0.3) is 0 Å². The predicted molar refractivity (Wildman–Crippen MR) is 111 cm³/mol. The Balaban J connectivity index is 1.36. The smallest absolute Gasteiger partial charge is 0.325 e. The summed E-state index contributed by atoms with van der Waals surface area (Å²) < 4.78 is 12.2. The number of hydrogen-bond acceptors (Lipinski definition) is 5. The topological polar surface area (TPSA) is 97.0 Å². The van der Waals surface area contributed by atoms with Gasteiger partial charge in [0.25, 0.3) is 5.91 Å². The summed E-state index contributed by atoms with van der Waals surface area (Å²) in [6.45, 7) is 1.73. The molecule has 9 heteroatoms. The van der Waals surface area contributed by atoms with Crippen molar-refractivity contribution < 1.29 is 23.9 Å². The molecule has 2 aromatic rings. The summed E-state index contributed by atoms with van der Waals surface area (Å²) in [5.74, 6) is 0.333. The first kappa shape index (κ1) is 20.2. The maximum Gasteiger partial charge on any atom is 0.325 e. The fourth-order valence-electron chi connectivity index (χ4n) is 3.43. The van der Waals surface area contributed by atoms with Crippen LogP contribution in [0, 0.1) is 0 Å². The summed E-state index contributed by atoms with van der Waals surface area (Å²) in [5, 5.41) is 5.39. The number of hydrogen-bond donors (Lipinski definition) is 2. The molecule has 0 unspecified atom stereocenters. The molecule has 2 atom stereocenters. The second-order valence-corrected chi connectivity index (χ2v) is 8.17. The highest BCUT2D eigenvalue weighted by atomic mass is 79.9. The molecule has 2 aliphatic heterocycles. The molecule has 30 heavy (non-hydrogen) atoms. The van der Waals surface area contributed by atoms with Crippen LogP contribution in [0.3, 0.4) is 0 Å². The monoisotopic (exact) mass is 473 g/mol. The van der Waals surface area contributed by atoms with Gasteiger partial charge in [-0.15, -0.1) is 0 Å². The van der Waals surface area contributed by atoms with Crippen LogP contribution in [-0.4, -0.2) is 48.5 Å². The van der Waals surface area contributed by atoms with Crippen LogP contribution in [0.1, 0.15) is 12.5 Å². The Kier molecular flexibility index (Phi) is 5.38. The SMILES string of the molecule is C[C@]1(c2cccc(Br)c2)NC(=O)N(CC(=O)NC[C@@H]2COc3ccccc3O2)C1=O. The van der Waals surface area contributed by atoms with Crippen LogP contribution in [0.15, 0.2) is 53.0 Å². The molecule has 1 saturated heterocycles. The lowest BCUT2D eigenvalue weighted by Gasteiger charge is -2.26. The van der Waals surface area contributed by atoms with Gasteiger partial charge in [0.15, 0.2) is 11.5 Å². The average molecular weight is 474 g/mol. The minimum absolute atomic E-state index is 0.194. The van der Waals surface area contributed by atoms with Crippen molar-refractivity contribution in [3.8, 4) is 11.5 Å². The van der Waals surface area contributed by atoms with E-state index >= 15 is 0 Å². The van der Waals surface area contributed by atoms with Crippen molar-refractivity contribution in [1.29, 1.82) is 0 Å². The molecule has 4 amide bonds. The highest BCUT2D eigenvalue weighted by Gasteiger charge is 2.49. The maximum absolute atomic E-state index is 12.9. The van der Waals surface area contributed by atoms with E-state index < -0.39 is 23.4 Å². The van der Waals surface area contributed by atoms with Crippen molar-refractivity contribution >= 4 is 33.8 Å². The number of carbonyl (C=O) groups excluding carboxylic acids is 3. The summed E-state index contributed by atoms with van der Waals surface area (Å²) in [4.78, 5) is 38.6. The summed E-state index contributed by atoms with van der Waals surface area (Å²) in [5.41, 5.74) is -0.602. The molecule has 2 aliphatic rings. The Hall–Kier alpha value is -3.07. The Morgan fingerprint density at radius 1 is 1.23 bits per heavy atom. The van der Waals surface area contributed by atoms with Gasteiger partial charge in [-0.25, -0.2) is 4.79 Å². The lowest BCUT2D eigenvalue weighted by atomic mass is 9.92. The van der Waals surface area contributed by atoms with Crippen molar-refractivity contribution in [2.75, 3.05) is 19.7 Å². The van der Waals surface area contributed by atoms with Gasteiger partial charge in [0.1, 0.15) is 24.8 Å². The van der Waals surface area contributed by atoms with Crippen molar-refractivity contribution in [1.82, 2.24) is 15.5 Å². The third-order valence-corrected chi connectivity index (χ3v) is 5.57. The zero-order valence-electron chi connectivity index (χ0n) is 16.2. The van der Waals surface area contributed by atoms with Gasteiger partial charge in [0.2, 0.25) is 5.91 Å². The number of ether oxygens (including phenoxy) is 2. The number of para-hydroxylation sites is 2. The third kappa shape index (κ3) is 3.85. The first-order valence-corrected chi connectivity index (χ1v) is 10.2. The van der Waals surface area contributed by atoms with E-state index in [0.29, 0.717) is 23.7 Å². The number of amides is 4. The van der Waals surface area contributed by atoms with Crippen molar-refractivity contribution in [3.05, 3.63) is 58.6 Å². The van der Waals surface area contributed by atoms with Crippen LogP contribution >= 0.6 is 15.9 Å². The summed E-state index contributed by atoms with van der Waals surface area (Å²) in [6.07, 6.45) is -0.362. The number of benzene rings is 2. The van der Waals surface area contributed by atoms with Gasteiger partial charge in [-0.2, -0.15) is 0 Å². The van der Waals surface area contributed by atoms with E-state index in [2.05, 4.69) is 26.6 Å². The molecular formula is C21H20BrN3O5. The Morgan fingerprint density at radius 2 is 2.00 bits per heavy atom. The number of halogens is 1. The average Bonchev–Trinajstić information content (AvgIpc) is 2.96. The molecule has 2 heterocycles. The molecule has 1 fully saturated rings. The summed E-state index contributed by atoms with van der Waals surface area (Å²) in [6, 6.07) is 13.8. The first-order chi connectivity index (χ1) is 14.4. The van der Waals surface area contributed by atoms with Gasteiger partial charge in [0, 0.05) is 4.47 Å². The van der Waals surface area contributed by atoms with Crippen LogP contribution in [0.2, 0.25) is 0 Å². The van der Waals surface area contributed by atoms with E-state index in [1.54, 1.807) is 31.2 Å². The third-order valence-electron chi connectivity index (χ3n) is 5.07. The summed E-state index contributed by atoms with van der Waals surface area (Å²) >= 11 is 3.37. The predicted octanol–water partition coefficient (Wildman–Crippen LogP) is 2.17. The number of nitrogens with one attached hydrogen (secondary N) is 2.